The Bertz CT molecular complexity index is 1020. The molecular formula is C17H12N4O2. The number of aromatic nitrogens is 2. The van der Waals surface area contributed by atoms with E-state index in [-0.39, 0.29) is 5.56 Å². The topological polar surface area (TPSA) is 87.8 Å². The van der Waals surface area contributed by atoms with Crippen LogP contribution in [-0.4, -0.2) is 15.5 Å². The molecule has 0 spiro atoms. The third kappa shape index (κ3) is 2.56. The molecule has 0 aliphatic rings. The fraction of sp³-hybridized carbons (Fsp3) is 0.0588. The van der Waals surface area contributed by atoms with Gasteiger partial charge in [0.05, 0.1) is 11.3 Å². The van der Waals surface area contributed by atoms with E-state index in [4.69, 9.17) is 5.26 Å². The van der Waals surface area contributed by atoms with Crippen LogP contribution in [0, 0.1) is 11.3 Å². The molecule has 1 N–H and O–H groups in total. The molecule has 0 fully saturated rings. The molecule has 0 unspecified atom stereocenters. The molecule has 1 aromatic carbocycles. The number of carbonyl (C=O) groups excluding carboxylic acids is 1. The van der Waals surface area contributed by atoms with Gasteiger partial charge in [0.2, 0.25) is 0 Å². The number of para-hydroxylation sites is 1. The van der Waals surface area contributed by atoms with Gasteiger partial charge >= 0.3 is 0 Å². The maximum atomic E-state index is 12.4. The summed E-state index contributed by atoms with van der Waals surface area (Å²) >= 11 is 0. The van der Waals surface area contributed by atoms with Crippen LogP contribution < -0.4 is 10.9 Å². The van der Waals surface area contributed by atoms with E-state index < -0.39 is 11.5 Å². The predicted octanol–water partition coefficient (Wildman–Crippen LogP) is 2.06. The van der Waals surface area contributed by atoms with E-state index >= 15 is 0 Å². The van der Waals surface area contributed by atoms with Crippen LogP contribution >= 0.6 is 0 Å². The normalized spacial score (nSPS) is 10.3. The molecule has 0 bridgehead atoms. The number of amides is 1. The highest BCUT2D eigenvalue weighted by Crippen LogP contribution is 2.15. The van der Waals surface area contributed by atoms with Crippen molar-refractivity contribution in [3.63, 3.8) is 0 Å². The van der Waals surface area contributed by atoms with E-state index in [1.165, 1.54) is 10.6 Å². The zero-order valence-electron chi connectivity index (χ0n) is 12.3. The Balaban J connectivity index is 2.07. The minimum Gasteiger partial charge on any atom is -0.321 e. The fourth-order valence-corrected chi connectivity index (χ4v) is 2.34. The number of hydrogen-bond acceptors (Lipinski definition) is 4. The summed E-state index contributed by atoms with van der Waals surface area (Å²) in [6.45, 7) is 0. The molecule has 0 saturated carbocycles. The lowest BCUT2D eigenvalue weighted by atomic mass is 10.1. The average Bonchev–Trinajstić information content (AvgIpc) is 2.58. The molecule has 3 rings (SSSR count). The zero-order chi connectivity index (χ0) is 16.4. The lowest BCUT2D eigenvalue weighted by Crippen LogP contribution is -2.28. The van der Waals surface area contributed by atoms with Gasteiger partial charge in [0.15, 0.2) is 0 Å². The van der Waals surface area contributed by atoms with E-state index in [0.717, 1.165) is 0 Å². The highest BCUT2D eigenvalue weighted by Gasteiger charge is 2.15. The molecule has 0 saturated heterocycles. The van der Waals surface area contributed by atoms with Gasteiger partial charge in [0, 0.05) is 18.6 Å². The maximum Gasteiger partial charge on any atom is 0.264 e. The number of rotatable bonds is 2. The molecule has 3 aromatic rings. The number of nitriles is 1. The van der Waals surface area contributed by atoms with Crippen molar-refractivity contribution >= 4 is 22.6 Å². The van der Waals surface area contributed by atoms with Crippen LogP contribution in [0.25, 0.3) is 11.0 Å². The third-order valence-electron chi connectivity index (χ3n) is 3.51. The predicted molar refractivity (Wildman–Crippen MR) is 86.1 cm³/mol. The van der Waals surface area contributed by atoms with Gasteiger partial charge < -0.3 is 5.32 Å². The van der Waals surface area contributed by atoms with E-state index in [1.54, 1.807) is 49.6 Å². The highest BCUT2D eigenvalue weighted by atomic mass is 16.2. The van der Waals surface area contributed by atoms with Crippen molar-refractivity contribution in [2.75, 3.05) is 5.32 Å². The summed E-state index contributed by atoms with van der Waals surface area (Å²) in [6, 6.07) is 13.6. The second kappa shape index (κ2) is 5.73. The summed E-state index contributed by atoms with van der Waals surface area (Å²) < 4.78 is 1.33. The summed E-state index contributed by atoms with van der Waals surface area (Å²) in [5.41, 5.74) is 0.767. The molecule has 0 atom stereocenters. The number of fused-ring (bicyclic) bond motifs is 1. The van der Waals surface area contributed by atoms with Gasteiger partial charge in [-0.15, -0.1) is 0 Å². The van der Waals surface area contributed by atoms with Gasteiger partial charge in [-0.3, -0.25) is 14.2 Å². The van der Waals surface area contributed by atoms with Gasteiger partial charge in [-0.1, -0.05) is 12.1 Å². The second-order valence-corrected chi connectivity index (χ2v) is 4.95. The van der Waals surface area contributed by atoms with Crippen molar-refractivity contribution < 1.29 is 4.79 Å². The Kier molecular flexibility index (Phi) is 3.61. The van der Waals surface area contributed by atoms with Crippen LogP contribution in [0.15, 0.2) is 53.5 Å². The number of pyridine rings is 2. The molecule has 6 heteroatoms. The highest BCUT2D eigenvalue weighted by molar-refractivity contribution is 6.06. The van der Waals surface area contributed by atoms with E-state index in [1.807, 2.05) is 6.07 Å². The molecule has 2 aromatic heterocycles. The minimum atomic E-state index is -0.556. The number of hydrogen-bond donors (Lipinski definition) is 1. The lowest BCUT2D eigenvalue weighted by Gasteiger charge is -2.09. The fourth-order valence-electron chi connectivity index (χ4n) is 2.34. The first-order valence-electron chi connectivity index (χ1n) is 6.87. The Morgan fingerprint density at radius 3 is 2.83 bits per heavy atom. The molecule has 0 radical (unpaired) electrons. The van der Waals surface area contributed by atoms with Gasteiger partial charge in [-0.05, 0) is 30.3 Å². The Morgan fingerprint density at radius 1 is 1.26 bits per heavy atom. The summed E-state index contributed by atoms with van der Waals surface area (Å²) in [6.07, 6.45) is 1.59. The van der Waals surface area contributed by atoms with E-state index in [9.17, 15) is 9.59 Å². The molecule has 2 heterocycles. The second-order valence-electron chi connectivity index (χ2n) is 4.95. The van der Waals surface area contributed by atoms with Crippen LogP contribution in [0.2, 0.25) is 0 Å². The number of nitrogens with one attached hydrogen (secondary N) is 1. The number of nitrogens with zero attached hydrogens (tertiary/aromatic N) is 3. The van der Waals surface area contributed by atoms with Gasteiger partial charge in [-0.25, -0.2) is 4.98 Å². The molecule has 23 heavy (non-hydrogen) atoms. The monoisotopic (exact) mass is 304 g/mol. The van der Waals surface area contributed by atoms with Crippen molar-refractivity contribution in [2.45, 2.75) is 0 Å². The van der Waals surface area contributed by atoms with E-state index in [2.05, 4.69) is 10.3 Å². The Labute approximate surface area is 131 Å². The maximum absolute atomic E-state index is 12.4. The number of anilines is 1. The minimum absolute atomic E-state index is 0.000688. The molecule has 6 nitrogen and oxygen atoms in total. The third-order valence-corrected chi connectivity index (χ3v) is 3.51. The molecule has 0 aliphatic carbocycles. The first-order chi connectivity index (χ1) is 11.1. The Hall–Kier alpha value is -3.46. The summed E-state index contributed by atoms with van der Waals surface area (Å²) in [7, 11) is 1.57. The van der Waals surface area contributed by atoms with Crippen LogP contribution in [0.4, 0.5) is 5.69 Å². The number of carbonyl (C=O) groups is 1. The number of aryl methyl sites for hydroxylation is 1. The number of benzene rings is 1. The smallest absolute Gasteiger partial charge is 0.264 e. The van der Waals surface area contributed by atoms with Crippen molar-refractivity contribution in [1.29, 1.82) is 5.26 Å². The van der Waals surface area contributed by atoms with Gasteiger partial charge in [-0.2, -0.15) is 5.26 Å². The average molecular weight is 304 g/mol. The van der Waals surface area contributed by atoms with Crippen molar-refractivity contribution in [2.24, 2.45) is 7.05 Å². The largest absolute Gasteiger partial charge is 0.321 e. The first-order valence-corrected chi connectivity index (χ1v) is 6.87. The van der Waals surface area contributed by atoms with Crippen LogP contribution in [0.3, 0.4) is 0 Å². The molecule has 1 amide bonds. The van der Waals surface area contributed by atoms with Crippen LogP contribution in [0.1, 0.15) is 15.9 Å². The molecule has 112 valence electrons. The SMILES string of the molecule is Cn1c(=O)c(C(=O)Nc2ccccc2C#N)cc2cccnc21. The standard InChI is InChI=1S/C17H12N4O2/c1-21-15-11(6-4-8-19-15)9-13(17(21)23)16(22)20-14-7-3-2-5-12(14)10-18/h2-9H,1H3,(H,20,22). The van der Waals surface area contributed by atoms with Gasteiger partial charge in [0.25, 0.3) is 11.5 Å². The molecule has 0 aliphatic heterocycles. The summed E-state index contributed by atoms with van der Waals surface area (Å²) in [5.74, 6) is -0.556. The lowest BCUT2D eigenvalue weighted by molar-refractivity contribution is 0.102. The van der Waals surface area contributed by atoms with Crippen LogP contribution in [-0.2, 0) is 7.05 Å². The van der Waals surface area contributed by atoms with Crippen molar-refractivity contribution in [3.05, 3.63) is 70.1 Å². The first kappa shape index (κ1) is 14.5. The summed E-state index contributed by atoms with van der Waals surface area (Å²) in [4.78, 5) is 29.0. The van der Waals surface area contributed by atoms with Crippen molar-refractivity contribution in [1.82, 2.24) is 9.55 Å². The molecular weight excluding hydrogens is 292 g/mol. The van der Waals surface area contributed by atoms with Crippen LogP contribution in [0.5, 0.6) is 0 Å². The van der Waals surface area contributed by atoms with E-state index in [0.29, 0.717) is 22.3 Å². The Morgan fingerprint density at radius 2 is 2.04 bits per heavy atom. The quantitative estimate of drug-likeness (QED) is 0.785. The zero-order valence-corrected chi connectivity index (χ0v) is 12.3. The van der Waals surface area contributed by atoms with Crippen molar-refractivity contribution in [3.8, 4) is 6.07 Å². The van der Waals surface area contributed by atoms with Gasteiger partial charge in [0.1, 0.15) is 17.3 Å². The summed E-state index contributed by atoms with van der Waals surface area (Å²) in [5, 5.41) is 12.4.